The van der Waals surface area contributed by atoms with E-state index in [9.17, 15) is 4.79 Å². The summed E-state index contributed by atoms with van der Waals surface area (Å²) in [6.07, 6.45) is 7.05. The molecule has 1 unspecified atom stereocenters. The van der Waals surface area contributed by atoms with Gasteiger partial charge in [0.2, 0.25) is 5.95 Å². The van der Waals surface area contributed by atoms with Gasteiger partial charge in [-0.15, -0.1) is 5.10 Å². The molecule has 1 aromatic carbocycles. The number of pyridine rings is 1. The van der Waals surface area contributed by atoms with Crippen LogP contribution in [0.25, 0.3) is 44.5 Å². The maximum Gasteiger partial charge on any atom is 0.329 e. The lowest BCUT2D eigenvalue weighted by Gasteiger charge is -2.16. The highest BCUT2D eigenvalue weighted by Gasteiger charge is 2.36. The molecule has 1 fully saturated rings. The molecule has 0 amide bonds. The first-order valence-electron chi connectivity index (χ1n) is 12.9. The van der Waals surface area contributed by atoms with Crippen molar-refractivity contribution in [2.75, 3.05) is 6.61 Å². The zero-order valence-electron chi connectivity index (χ0n) is 21.2. The molecule has 6 heterocycles. The van der Waals surface area contributed by atoms with Gasteiger partial charge < -0.3 is 9.72 Å². The Balaban J connectivity index is 1.62. The predicted octanol–water partition coefficient (Wildman–Crippen LogP) is 4.73. The highest BCUT2D eigenvalue weighted by Crippen LogP contribution is 2.44. The van der Waals surface area contributed by atoms with Crippen molar-refractivity contribution in [3.05, 3.63) is 58.7 Å². The van der Waals surface area contributed by atoms with Crippen molar-refractivity contribution in [1.29, 1.82) is 0 Å². The van der Waals surface area contributed by atoms with E-state index in [1.807, 2.05) is 4.57 Å². The van der Waals surface area contributed by atoms with E-state index in [0.29, 0.717) is 29.4 Å². The standard InChI is InChI=1S/C28H29FN6O2/c1-15-11-18-12-21(15)37-10-4-5-16-6-8-17(9-7-16)22-23-25-20(34(3)28(36)35(18)25)13-30-27(23)31-24(22)19-14-33(2)32-26(19)29/h6-9,13-15,18,21H,4-5,10-12H2,1-3H3,(H,30,31)/t15?,18-,21+/m0/s1. The largest absolute Gasteiger partial charge is 0.378 e. The van der Waals surface area contributed by atoms with Gasteiger partial charge in [-0.2, -0.15) is 4.39 Å². The lowest BCUT2D eigenvalue weighted by Crippen LogP contribution is -2.25. The number of nitrogens with one attached hydrogen (secondary N) is 1. The van der Waals surface area contributed by atoms with Crippen LogP contribution in [-0.2, 0) is 25.3 Å². The lowest BCUT2D eigenvalue weighted by molar-refractivity contribution is 0.0301. The van der Waals surface area contributed by atoms with Crippen molar-refractivity contribution in [2.45, 2.75) is 44.8 Å². The van der Waals surface area contributed by atoms with Crippen molar-refractivity contribution in [3.8, 4) is 22.4 Å². The zero-order chi connectivity index (χ0) is 25.4. The number of fused-ring (bicyclic) bond motifs is 5. The molecule has 8 nitrogen and oxygen atoms in total. The molecule has 1 saturated carbocycles. The molecule has 8 rings (SSSR count). The van der Waals surface area contributed by atoms with Crippen LogP contribution in [-0.4, -0.2) is 41.6 Å². The Bertz CT molecular complexity index is 1720. The number of rotatable bonds is 1. The molecule has 0 spiro atoms. The van der Waals surface area contributed by atoms with Crippen molar-refractivity contribution < 1.29 is 9.13 Å². The second-order valence-corrected chi connectivity index (χ2v) is 10.6. The smallest absolute Gasteiger partial charge is 0.329 e. The van der Waals surface area contributed by atoms with Gasteiger partial charge in [0.25, 0.3) is 0 Å². The fraction of sp³-hybridized carbons (Fsp3) is 0.393. The molecule has 0 radical (unpaired) electrons. The van der Waals surface area contributed by atoms with Crippen molar-refractivity contribution >= 4 is 22.1 Å². The zero-order valence-corrected chi connectivity index (χ0v) is 21.2. The Hall–Kier alpha value is -3.72. The topological polar surface area (TPSA) is 82.7 Å². The summed E-state index contributed by atoms with van der Waals surface area (Å²) < 4.78 is 26.5. The number of nitrogens with zero attached hydrogens (tertiary/aromatic N) is 5. The van der Waals surface area contributed by atoms with Crippen LogP contribution in [0.4, 0.5) is 4.39 Å². The molecule has 1 aliphatic carbocycles. The Labute approximate surface area is 212 Å². The summed E-state index contributed by atoms with van der Waals surface area (Å²) in [4.78, 5) is 21.8. The number of aromatic nitrogens is 6. The van der Waals surface area contributed by atoms with Gasteiger partial charge in [-0.05, 0) is 42.7 Å². The molecule has 4 bridgehead atoms. The predicted molar refractivity (Wildman–Crippen MR) is 140 cm³/mol. The fourth-order valence-electron chi connectivity index (χ4n) is 6.41. The van der Waals surface area contributed by atoms with Crippen molar-refractivity contribution in [3.63, 3.8) is 0 Å². The average Bonchev–Trinajstić information content (AvgIpc) is 3.60. The minimum absolute atomic E-state index is 0.00930. The number of aromatic amines is 1. The molecule has 190 valence electrons. The van der Waals surface area contributed by atoms with Gasteiger partial charge in [-0.25, -0.2) is 9.78 Å². The highest BCUT2D eigenvalue weighted by atomic mass is 19.1. The van der Waals surface area contributed by atoms with Gasteiger partial charge in [0.1, 0.15) is 5.65 Å². The number of hydrogen-bond donors (Lipinski definition) is 1. The third-order valence-electron chi connectivity index (χ3n) is 8.26. The van der Waals surface area contributed by atoms with Crippen LogP contribution < -0.4 is 5.69 Å². The minimum atomic E-state index is -0.552. The first-order chi connectivity index (χ1) is 17.9. The maximum atomic E-state index is 15.0. The summed E-state index contributed by atoms with van der Waals surface area (Å²) in [5.41, 5.74) is 6.13. The molecule has 9 heteroatoms. The van der Waals surface area contributed by atoms with Crippen LogP contribution >= 0.6 is 0 Å². The number of ether oxygens (including phenoxy) is 1. The van der Waals surface area contributed by atoms with Crippen LogP contribution in [0.1, 0.15) is 37.8 Å². The minimum Gasteiger partial charge on any atom is -0.378 e. The van der Waals surface area contributed by atoms with Crippen molar-refractivity contribution in [1.82, 2.24) is 28.9 Å². The van der Waals surface area contributed by atoms with Gasteiger partial charge in [0.15, 0.2) is 0 Å². The van der Waals surface area contributed by atoms with Gasteiger partial charge >= 0.3 is 5.69 Å². The summed E-state index contributed by atoms with van der Waals surface area (Å²) in [7, 11) is 3.50. The molecule has 3 aliphatic rings. The van der Waals surface area contributed by atoms with Crippen LogP contribution in [0.15, 0.2) is 41.5 Å². The Kier molecular flexibility index (Phi) is 4.95. The molecule has 3 atom stereocenters. The summed E-state index contributed by atoms with van der Waals surface area (Å²) in [5, 5.41) is 4.78. The number of imidazole rings is 1. The summed E-state index contributed by atoms with van der Waals surface area (Å²) in [5.74, 6) is -0.203. The van der Waals surface area contributed by atoms with Gasteiger partial charge in [0, 0.05) is 38.5 Å². The SMILES string of the molecule is CC1C[C@H]2C[C@H]1OCCCc1ccc(cc1)-c1c(-c3cn(C)nc3F)[nH]c3ncc4c(c13)n2c(=O)n4C. The van der Waals surface area contributed by atoms with Gasteiger partial charge in [0.05, 0.1) is 40.0 Å². The van der Waals surface area contributed by atoms with Gasteiger partial charge in [-0.1, -0.05) is 31.2 Å². The lowest BCUT2D eigenvalue weighted by atomic mass is 9.97. The first-order valence-corrected chi connectivity index (χ1v) is 12.9. The Morgan fingerprint density at radius 1 is 1.16 bits per heavy atom. The number of H-pyrrole nitrogens is 1. The summed E-state index contributed by atoms with van der Waals surface area (Å²) in [6, 6.07) is 8.41. The van der Waals surface area contributed by atoms with Crippen LogP contribution in [0, 0.1) is 11.9 Å². The van der Waals surface area contributed by atoms with E-state index in [1.165, 1.54) is 10.2 Å². The van der Waals surface area contributed by atoms with Crippen molar-refractivity contribution in [2.24, 2.45) is 20.0 Å². The van der Waals surface area contributed by atoms with E-state index in [4.69, 9.17) is 9.72 Å². The van der Waals surface area contributed by atoms with E-state index in [1.54, 1.807) is 31.1 Å². The molecular weight excluding hydrogens is 471 g/mol. The monoisotopic (exact) mass is 500 g/mol. The number of benzene rings is 1. The highest BCUT2D eigenvalue weighted by molar-refractivity contribution is 6.14. The second-order valence-electron chi connectivity index (χ2n) is 10.6. The first kappa shape index (κ1) is 22.5. The molecule has 0 saturated heterocycles. The Morgan fingerprint density at radius 2 is 1.97 bits per heavy atom. The summed E-state index contributed by atoms with van der Waals surface area (Å²) in [6.45, 7) is 2.91. The summed E-state index contributed by atoms with van der Waals surface area (Å²) >= 11 is 0. The van der Waals surface area contributed by atoms with E-state index in [0.717, 1.165) is 53.2 Å². The van der Waals surface area contributed by atoms with Crippen LogP contribution in [0.5, 0.6) is 0 Å². The fourth-order valence-corrected chi connectivity index (χ4v) is 6.41. The van der Waals surface area contributed by atoms with Gasteiger partial charge in [-0.3, -0.25) is 13.8 Å². The van der Waals surface area contributed by atoms with Crippen LogP contribution in [0.3, 0.4) is 0 Å². The second kappa shape index (κ2) is 8.14. The third-order valence-corrected chi connectivity index (χ3v) is 8.26. The van der Waals surface area contributed by atoms with Crippen LogP contribution in [0.2, 0.25) is 0 Å². The molecule has 5 aromatic rings. The van der Waals surface area contributed by atoms with E-state index in [2.05, 4.69) is 41.3 Å². The molecule has 4 aromatic heterocycles. The van der Waals surface area contributed by atoms with E-state index in [-0.39, 0.29) is 17.8 Å². The maximum absolute atomic E-state index is 15.0. The molecule has 2 aliphatic heterocycles. The van der Waals surface area contributed by atoms with E-state index < -0.39 is 5.95 Å². The van der Waals surface area contributed by atoms with E-state index >= 15 is 4.39 Å². The third kappa shape index (κ3) is 3.33. The Morgan fingerprint density at radius 3 is 2.73 bits per heavy atom. The molecular formula is C28H29FN6O2. The quantitative estimate of drug-likeness (QED) is 0.361. The number of hydrogen-bond acceptors (Lipinski definition) is 4. The molecule has 37 heavy (non-hydrogen) atoms. The normalized spacial score (nSPS) is 21.8. The average molecular weight is 501 g/mol. The number of halogens is 1. The number of aryl methyl sites for hydroxylation is 3. The molecule has 1 N–H and O–H groups in total.